The van der Waals surface area contributed by atoms with Crippen molar-refractivity contribution in [3.8, 4) is 0 Å². The van der Waals surface area contributed by atoms with Crippen LogP contribution in [0.15, 0.2) is 48.5 Å². The Morgan fingerprint density at radius 1 is 0.857 bits per heavy atom. The van der Waals surface area contributed by atoms with Gasteiger partial charge in [0.05, 0.1) is 7.11 Å². The molecule has 5 heteroatoms. The summed E-state index contributed by atoms with van der Waals surface area (Å²) in [4.78, 5) is 22.3. The number of rotatable bonds is 4. The molecule has 2 aromatic rings. The molecule has 0 fully saturated rings. The van der Waals surface area contributed by atoms with Gasteiger partial charge in [0.25, 0.3) is 0 Å². The highest BCUT2D eigenvalue weighted by Gasteiger charge is 2.02. The smallest absolute Gasteiger partial charge is 0.411 e. The molecule has 21 heavy (non-hydrogen) atoms. The van der Waals surface area contributed by atoms with Crippen LogP contribution in [0.5, 0.6) is 0 Å². The molecular formula is C16H16N2O3. The number of ether oxygens (including phenoxy) is 1. The fourth-order valence-corrected chi connectivity index (χ4v) is 1.76. The Morgan fingerprint density at radius 2 is 1.33 bits per heavy atom. The molecule has 0 saturated carbocycles. The Kier molecular flexibility index (Phi) is 4.56. The van der Waals surface area contributed by atoms with Crippen LogP contribution in [-0.2, 0) is 4.74 Å². The summed E-state index contributed by atoms with van der Waals surface area (Å²) >= 11 is 0. The van der Waals surface area contributed by atoms with Crippen molar-refractivity contribution in [2.45, 2.75) is 6.92 Å². The molecule has 1 amide bonds. The summed E-state index contributed by atoms with van der Waals surface area (Å²) < 4.78 is 4.52. The Hall–Kier alpha value is -2.82. The number of carbonyl (C=O) groups excluding carboxylic acids is 2. The molecule has 0 aliphatic heterocycles. The highest BCUT2D eigenvalue weighted by molar-refractivity contribution is 5.94. The van der Waals surface area contributed by atoms with Crippen LogP contribution in [0.3, 0.4) is 0 Å². The molecule has 0 aliphatic rings. The van der Waals surface area contributed by atoms with Gasteiger partial charge in [0.1, 0.15) is 0 Å². The number of amides is 1. The SMILES string of the molecule is COC(=O)Nc1ccc(Nc2ccc(C(C)=O)cc2)cc1. The lowest BCUT2D eigenvalue weighted by atomic mass is 10.1. The Morgan fingerprint density at radius 3 is 1.81 bits per heavy atom. The first-order valence-corrected chi connectivity index (χ1v) is 6.41. The monoisotopic (exact) mass is 284 g/mol. The maximum atomic E-state index is 11.2. The van der Waals surface area contributed by atoms with Gasteiger partial charge in [0.2, 0.25) is 0 Å². The van der Waals surface area contributed by atoms with E-state index in [9.17, 15) is 9.59 Å². The van der Waals surface area contributed by atoms with Gasteiger partial charge in [-0.1, -0.05) is 0 Å². The zero-order valence-electron chi connectivity index (χ0n) is 11.8. The third-order valence-corrected chi connectivity index (χ3v) is 2.90. The van der Waals surface area contributed by atoms with Gasteiger partial charge in [-0.2, -0.15) is 0 Å². The zero-order valence-corrected chi connectivity index (χ0v) is 11.8. The molecule has 5 nitrogen and oxygen atoms in total. The maximum Gasteiger partial charge on any atom is 0.411 e. The molecule has 0 heterocycles. The summed E-state index contributed by atoms with van der Waals surface area (Å²) in [5, 5.41) is 5.79. The minimum Gasteiger partial charge on any atom is -0.453 e. The predicted octanol–water partition coefficient (Wildman–Crippen LogP) is 3.81. The second kappa shape index (κ2) is 6.56. The first kappa shape index (κ1) is 14.6. The van der Waals surface area contributed by atoms with E-state index in [-0.39, 0.29) is 5.78 Å². The van der Waals surface area contributed by atoms with Gasteiger partial charge in [-0.25, -0.2) is 4.79 Å². The number of carbonyl (C=O) groups is 2. The van der Waals surface area contributed by atoms with Crippen molar-refractivity contribution in [2.75, 3.05) is 17.7 Å². The van der Waals surface area contributed by atoms with Crippen LogP contribution in [0, 0.1) is 0 Å². The highest BCUT2D eigenvalue weighted by atomic mass is 16.5. The van der Waals surface area contributed by atoms with Crippen LogP contribution in [0.25, 0.3) is 0 Å². The van der Waals surface area contributed by atoms with Gasteiger partial charge in [-0.05, 0) is 55.5 Å². The maximum absolute atomic E-state index is 11.2. The molecule has 2 aromatic carbocycles. The highest BCUT2D eigenvalue weighted by Crippen LogP contribution is 2.19. The number of hydrogen-bond acceptors (Lipinski definition) is 4. The number of Topliss-reactive ketones (excluding diaryl/α,β-unsaturated/α-hetero) is 1. The van der Waals surface area contributed by atoms with Crippen molar-refractivity contribution >= 4 is 28.9 Å². The number of methoxy groups -OCH3 is 1. The zero-order chi connectivity index (χ0) is 15.2. The van der Waals surface area contributed by atoms with Crippen LogP contribution in [-0.4, -0.2) is 19.0 Å². The van der Waals surface area contributed by atoms with E-state index in [4.69, 9.17) is 0 Å². The Balaban J connectivity index is 2.02. The van der Waals surface area contributed by atoms with Crippen molar-refractivity contribution in [1.29, 1.82) is 0 Å². The lowest BCUT2D eigenvalue weighted by Gasteiger charge is -2.08. The first-order valence-electron chi connectivity index (χ1n) is 6.41. The van der Waals surface area contributed by atoms with Crippen LogP contribution in [0.4, 0.5) is 21.9 Å². The van der Waals surface area contributed by atoms with E-state index in [1.807, 2.05) is 24.3 Å². The number of hydrogen-bond donors (Lipinski definition) is 2. The van der Waals surface area contributed by atoms with E-state index in [1.54, 1.807) is 24.3 Å². The quantitative estimate of drug-likeness (QED) is 0.838. The van der Waals surface area contributed by atoms with Crippen LogP contribution in [0.2, 0.25) is 0 Å². The van der Waals surface area contributed by atoms with Crippen LogP contribution >= 0.6 is 0 Å². The molecule has 0 unspecified atom stereocenters. The molecule has 2 N–H and O–H groups in total. The second-order valence-electron chi connectivity index (χ2n) is 4.45. The third-order valence-electron chi connectivity index (χ3n) is 2.90. The van der Waals surface area contributed by atoms with E-state index in [0.29, 0.717) is 11.3 Å². The van der Waals surface area contributed by atoms with Gasteiger partial charge in [-0.15, -0.1) is 0 Å². The number of nitrogens with one attached hydrogen (secondary N) is 2. The van der Waals surface area contributed by atoms with Crippen molar-refractivity contribution in [3.63, 3.8) is 0 Å². The molecular weight excluding hydrogens is 268 g/mol. The lowest BCUT2D eigenvalue weighted by molar-refractivity contribution is 0.101. The standard InChI is InChI=1S/C16H16N2O3/c1-11(19)12-3-5-13(6-4-12)17-14-7-9-15(10-8-14)18-16(20)21-2/h3-10,17H,1-2H3,(H,18,20). The molecule has 0 atom stereocenters. The molecule has 2 rings (SSSR count). The van der Waals surface area contributed by atoms with E-state index in [1.165, 1.54) is 14.0 Å². The van der Waals surface area contributed by atoms with Crippen molar-refractivity contribution in [3.05, 3.63) is 54.1 Å². The average molecular weight is 284 g/mol. The van der Waals surface area contributed by atoms with Crippen LogP contribution < -0.4 is 10.6 Å². The van der Waals surface area contributed by atoms with Crippen LogP contribution in [0.1, 0.15) is 17.3 Å². The summed E-state index contributed by atoms with van der Waals surface area (Å²) in [6, 6.07) is 14.4. The fraction of sp³-hybridized carbons (Fsp3) is 0.125. The molecule has 0 saturated heterocycles. The second-order valence-corrected chi connectivity index (χ2v) is 4.45. The minimum atomic E-state index is -0.504. The molecule has 0 spiro atoms. The third kappa shape index (κ3) is 4.07. The van der Waals surface area contributed by atoms with E-state index in [0.717, 1.165) is 11.4 Å². The van der Waals surface area contributed by atoms with Gasteiger partial charge in [-0.3, -0.25) is 10.1 Å². The largest absolute Gasteiger partial charge is 0.453 e. The summed E-state index contributed by atoms with van der Waals surface area (Å²) in [6.45, 7) is 1.54. The number of benzene rings is 2. The Bertz CT molecular complexity index is 634. The number of anilines is 3. The topological polar surface area (TPSA) is 67.4 Å². The van der Waals surface area contributed by atoms with E-state index >= 15 is 0 Å². The summed E-state index contributed by atoms with van der Waals surface area (Å²) in [5.74, 6) is 0.0415. The van der Waals surface area contributed by atoms with Crippen molar-refractivity contribution < 1.29 is 14.3 Å². The molecule has 0 bridgehead atoms. The van der Waals surface area contributed by atoms with E-state index in [2.05, 4.69) is 15.4 Å². The van der Waals surface area contributed by atoms with Gasteiger partial charge >= 0.3 is 6.09 Å². The minimum absolute atomic E-state index is 0.0415. The molecule has 0 aliphatic carbocycles. The fourth-order valence-electron chi connectivity index (χ4n) is 1.76. The van der Waals surface area contributed by atoms with Gasteiger partial charge in [0.15, 0.2) is 5.78 Å². The number of ketones is 1. The normalized spacial score (nSPS) is 9.81. The molecule has 0 radical (unpaired) electrons. The molecule has 108 valence electrons. The lowest BCUT2D eigenvalue weighted by Crippen LogP contribution is -2.10. The van der Waals surface area contributed by atoms with Crippen molar-refractivity contribution in [1.82, 2.24) is 0 Å². The Labute approximate surface area is 122 Å². The summed E-state index contributed by atoms with van der Waals surface area (Å²) in [7, 11) is 1.32. The average Bonchev–Trinajstić information content (AvgIpc) is 2.49. The summed E-state index contributed by atoms with van der Waals surface area (Å²) in [5.41, 5.74) is 3.09. The molecule has 0 aromatic heterocycles. The predicted molar refractivity (Wildman–Crippen MR) is 82.2 cm³/mol. The first-order chi connectivity index (χ1) is 10.1. The van der Waals surface area contributed by atoms with Gasteiger partial charge < -0.3 is 10.1 Å². The van der Waals surface area contributed by atoms with E-state index < -0.39 is 6.09 Å². The van der Waals surface area contributed by atoms with Crippen molar-refractivity contribution in [2.24, 2.45) is 0 Å². The summed E-state index contributed by atoms with van der Waals surface area (Å²) in [6.07, 6.45) is -0.504. The van der Waals surface area contributed by atoms with Gasteiger partial charge in [0, 0.05) is 22.6 Å².